The second-order valence-corrected chi connectivity index (χ2v) is 7.55. The van der Waals surface area contributed by atoms with E-state index in [1.54, 1.807) is 4.90 Å². The molecule has 1 aromatic heterocycles. The van der Waals surface area contributed by atoms with Crippen molar-refractivity contribution in [2.24, 2.45) is 18.9 Å². The van der Waals surface area contributed by atoms with Crippen LogP contribution < -0.4 is 5.32 Å². The summed E-state index contributed by atoms with van der Waals surface area (Å²) in [4.78, 5) is 14.3. The summed E-state index contributed by atoms with van der Waals surface area (Å²) in [6.07, 6.45) is 0.104. The van der Waals surface area contributed by atoms with E-state index in [2.05, 4.69) is 17.3 Å². The molecule has 2 N–H and O–H groups in total. The number of aromatic nitrogens is 2. The number of amides is 2. The molecule has 9 heteroatoms. The maximum Gasteiger partial charge on any atom is 0.437 e. The Kier molecular flexibility index (Phi) is 5.18. The van der Waals surface area contributed by atoms with Gasteiger partial charge in [0.25, 0.3) is 0 Å². The third-order valence-corrected chi connectivity index (χ3v) is 5.52. The van der Waals surface area contributed by atoms with Crippen LogP contribution in [0.15, 0.2) is 6.20 Å². The number of hydrogen-bond donors (Lipinski definition) is 2. The molecule has 1 aromatic rings. The molecule has 1 aliphatic carbocycles. The first kappa shape index (κ1) is 19.0. The molecule has 0 spiro atoms. The van der Waals surface area contributed by atoms with Crippen LogP contribution in [0.5, 0.6) is 0 Å². The zero-order valence-corrected chi connectivity index (χ0v) is 15.0. The highest BCUT2D eigenvalue weighted by Gasteiger charge is 2.42. The second-order valence-electron chi connectivity index (χ2n) is 7.55. The van der Waals surface area contributed by atoms with Crippen LogP contribution >= 0.6 is 0 Å². The Bertz CT molecular complexity index is 661. The summed E-state index contributed by atoms with van der Waals surface area (Å²) in [5, 5.41) is 16.2. The van der Waals surface area contributed by atoms with Crippen LogP contribution in [0.1, 0.15) is 44.7 Å². The Morgan fingerprint density at radius 1 is 1.35 bits per heavy atom. The maximum atomic E-state index is 13.1. The Morgan fingerprint density at radius 2 is 2.08 bits per heavy atom. The number of urea groups is 1. The number of anilines is 1. The van der Waals surface area contributed by atoms with Crippen LogP contribution in [-0.2, 0) is 13.2 Å². The van der Waals surface area contributed by atoms with E-state index < -0.39 is 24.0 Å². The molecule has 0 radical (unpaired) electrons. The van der Waals surface area contributed by atoms with E-state index in [9.17, 15) is 23.1 Å². The smallest absolute Gasteiger partial charge is 0.393 e. The van der Waals surface area contributed by atoms with Crippen molar-refractivity contribution in [3.8, 4) is 0 Å². The Hall–Kier alpha value is -1.77. The minimum absolute atomic E-state index is 0.0250. The van der Waals surface area contributed by atoms with Crippen molar-refractivity contribution in [1.29, 1.82) is 0 Å². The van der Waals surface area contributed by atoms with Crippen molar-refractivity contribution < 1.29 is 23.1 Å². The van der Waals surface area contributed by atoms with Crippen LogP contribution in [0.2, 0.25) is 0 Å². The number of likely N-dealkylation sites (tertiary alicyclic amines) is 1. The summed E-state index contributed by atoms with van der Waals surface area (Å²) >= 11 is 0. The number of carbonyl (C=O) groups excluding carboxylic acids is 1. The summed E-state index contributed by atoms with van der Waals surface area (Å²) in [6, 6.07) is -0.699. The molecule has 1 saturated heterocycles. The first-order valence-electron chi connectivity index (χ1n) is 9.03. The van der Waals surface area contributed by atoms with Crippen molar-refractivity contribution >= 4 is 11.7 Å². The van der Waals surface area contributed by atoms with Gasteiger partial charge in [0.15, 0.2) is 5.69 Å². The zero-order chi connectivity index (χ0) is 19.1. The topological polar surface area (TPSA) is 70.4 Å². The van der Waals surface area contributed by atoms with Crippen molar-refractivity contribution in [2.75, 3.05) is 11.9 Å². The molecule has 3 rings (SSSR count). The Balaban J connectivity index is 1.75. The van der Waals surface area contributed by atoms with Gasteiger partial charge in [-0.1, -0.05) is 6.92 Å². The van der Waals surface area contributed by atoms with Crippen LogP contribution in [0.25, 0.3) is 0 Å². The molecule has 4 atom stereocenters. The van der Waals surface area contributed by atoms with Gasteiger partial charge in [-0.2, -0.15) is 18.3 Å². The lowest BCUT2D eigenvalue weighted by Crippen LogP contribution is -2.47. The lowest BCUT2D eigenvalue weighted by molar-refractivity contribution is -0.140. The number of carbonyl (C=O) groups is 1. The third-order valence-electron chi connectivity index (χ3n) is 5.52. The number of aliphatic hydroxyl groups excluding tert-OH is 1. The number of rotatable bonds is 2. The van der Waals surface area contributed by atoms with E-state index in [0.29, 0.717) is 18.9 Å². The van der Waals surface area contributed by atoms with Gasteiger partial charge in [0, 0.05) is 31.7 Å². The van der Waals surface area contributed by atoms with Crippen LogP contribution in [0, 0.1) is 11.8 Å². The monoisotopic (exact) mass is 374 g/mol. The molecule has 6 nitrogen and oxygen atoms in total. The third kappa shape index (κ3) is 3.82. The number of alkyl halides is 3. The first-order chi connectivity index (χ1) is 12.2. The van der Waals surface area contributed by atoms with Crippen molar-refractivity contribution in [3.05, 3.63) is 11.9 Å². The highest BCUT2D eigenvalue weighted by Crippen LogP contribution is 2.38. The van der Waals surface area contributed by atoms with Gasteiger partial charge < -0.3 is 15.3 Å². The number of halogens is 3. The molecule has 2 amide bonds. The molecule has 1 aliphatic heterocycles. The summed E-state index contributed by atoms with van der Waals surface area (Å²) in [5.41, 5.74) is -1.44. The number of nitrogens with one attached hydrogen (secondary N) is 1. The summed E-state index contributed by atoms with van der Waals surface area (Å²) < 4.78 is 40.3. The van der Waals surface area contributed by atoms with E-state index >= 15 is 0 Å². The van der Waals surface area contributed by atoms with E-state index in [0.717, 1.165) is 36.6 Å². The average molecular weight is 374 g/mol. The number of hydrogen-bond acceptors (Lipinski definition) is 3. The first-order valence-corrected chi connectivity index (χ1v) is 9.03. The molecule has 0 aromatic carbocycles. The minimum Gasteiger partial charge on any atom is -0.393 e. The van der Waals surface area contributed by atoms with Gasteiger partial charge in [-0.25, -0.2) is 4.79 Å². The quantitative estimate of drug-likeness (QED) is 0.835. The number of aryl methyl sites for hydroxylation is 1. The predicted octanol–water partition coefficient (Wildman–Crippen LogP) is 3.23. The van der Waals surface area contributed by atoms with Gasteiger partial charge in [0.2, 0.25) is 0 Å². The van der Waals surface area contributed by atoms with Gasteiger partial charge in [-0.05, 0) is 38.0 Å². The van der Waals surface area contributed by atoms with Gasteiger partial charge in [-0.15, -0.1) is 0 Å². The van der Waals surface area contributed by atoms with Crippen LogP contribution in [0.4, 0.5) is 23.7 Å². The highest BCUT2D eigenvalue weighted by molar-refractivity contribution is 5.90. The molecular formula is C17H25F3N4O2. The lowest BCUT2D eigenvalue weighted by Gasteiger charge is -2.39. The van der Waals surface area contributed by atoms with E-state index in [4.69, 9.17) is 0 Å². The summed E-state index contributed by atoms with van der Waals surface area (Å²) in [5.74, 6) is 0.451. The number of aliphatic hydroxyl groups is 1. The summed E-state index contributed by atoms with van der Waals surface area (Å²) in [6.45, 7) is 2.61. The van der Waals surface area contributed by atoms with Crippen molar-refractivity contribution in [3.63, 3.8) is 0 Å². The predicted molar refractivity (Wildman–Crippen MR) is 89.5 cm³/mol. The van der Waals surface area contributed by atoms with E-state index in [-0.39, 0.29) is 17.6 Å². The summed E-state index contributed by atoms with van der Waals surface area (Å²) in [7, 11) is 1.38. The number of nitrogens with zero attached hydrogens (tertiary/aromatic N) is 3. The van der Waals surface area contributed by atoms with E-state index in [1.807, 2.05) is 0 Å². The SMILES string of the molecule is CC1CCC(O)C(C2CCCN2C(=O)Nc2cn(C)nc2C(F)(F)F)C1. The molecule has 4 unspecified atom stereocenters. The second kappa shape index (κ2) is 7.09. The normalized spacial score (nSPS) is 29.8. The Labute approximate surface area is 150 Å². The molecule has 1 saturated carbocycles. The lowest BCUT2D eigenvalue weighted by atomic mass is 9.76. The minimum atomic E-state index is -4.64. The van der Waals surface area contributed by atoms with Crippen LogP contribution in [0.3, 0.4) is 0 Å². The molecular weight excluding hydrogens is 349 g/mol. The largest absolute Gasteiger partial charge is 0.437 e. The van der Waals surface area contributed by atoms with Gasteiger partial charge in [0.05, 0.1) is 11.8 Å². The van der Waals surface area contributed by atoms with Gasteiger partial charge >= 0.3 is 12.2 Å². The van der Waals surface area contributed by atoms with E-state index in [1.165, 1.54) is 7.05 Å². The standard InChI is InChI=1S/C17H25F3N4O2/c1-10-5-6-14(25)11(8-10)13-4-3-7-24(13)16(26)21-12-9-23(2)22-15(12)17(18,19)20/h9-11,13-14,25H,3-8H2,1-2H3,(H,21,26). The highest BCUT2D eigenvalue weighted by atomic mass is 19.4. The van der Waals surface area contributed by atoms with Gasteiger partial charge in [0.1, 0.15) is 0 Å². The molecule has 0 bridgehead atoms. The fourth-order valence-corrected chi connectivity index (χ4v) is 4.29. The molecule has 2 fully saturated rings. The zero-order valence-electron chi connectivity index (χ0n) is 15.0. The molecule has 26 heavy (non-hydrogen) atoms. The molecule has 146 valence electrons. The van der Waals surface area contributed by atoms with Crippen molar-refractivity contribution in [1.82, 2.24) is 14.7 Å². The maximum absolute atomic E-state index is 13.1. The molecule has 2 aliphatic rings. The Morgan fingerprint density at radius 3 is 2.77 bits per heavy atom. The molecule has 2 heterocycles. The van der Waals surface area contributed by atoms with Crippen molar-refractivity contribution in [2.45, 2.75) is 57.3 Å². The fourth-order valence-electron chi connectivity index (χ4n) is 4.29. The fraction of sp³-hybridized carbons (Fsp3) is 0.765. The van der Waals surface area contributed by atoms with Crippen LogP contribution in [-0.4, -0.2) is 44.5 Å². The van der Waals surface area contributed by atoms with Gasteiger partial charge in [-0.3, -0.25) is 4.68 Å². The average Bonchev–Trinajstić information content (AvgIpc) is 3.16.